The lowest BCUT2D eigenvalue weighted by Gasteiger charge is -2.25. The fourth-order valence-corrected chi connectivity index (χ4v) is 4.53. The van der Waals surface area contributed by atoms with Crippen molar-refractivity contribution in [3.63, 3.8) is 0 Å². The van der Waals surface area contributed by atoms with E-state index in [1.807, 2.05) is 0 Å². The van der Waals surface area contributed by atoms with Crippen molar-refractivity contribution in [1.29, 1.82) is 0 Å². The molecule has 1 fully saturated rings. The van der Waals surface area contributed by atoms with Crippen LogP contribution in [-0.2, 0) is 23.9 Å². The Morgan fingerprint density at radius 3 is 2.32 bits per heavy atom. The Labute approximate surface area is 218 Å². The number of fused-ring (bicyclic) bond motifs is 1. The summed E-state index contributed by atoms with van der Waals surface area (Å²) in [5.41, 5.74) is 1.66. The molecule has 1 saturated heterocycles. The SMILES string of the molecule is Cc1cc(C(=O)N[C@H]2CN(C(=O)CO)c3ccccc3N(CC(=O)N[C@@H]3COC(=O)C3)C2=O)cc(C)c1O. The Balaban J connectivity index is 1.66. The summed E-state index contributed by atoms with van der Waals surface area (Å²) in [6, 6.07) is 7.53. The van der Waals surface area contributed by atoms with Crippen LogP contribution in [0.15, 0.2) is 36.4 Å². The second-order valence-corrected chi connectivity index (χ2v) is 9.21. The zero-order valence-corrected chi connectivity index (χ0v) is 20.9. The van der Waals surface area contributed by atoms with Crippen LogP contribution in [0.3, 0.4) is 0 Å². The lowest BCUT2D eigenvalue weighted by Crippen LogP contribution is -2.54. The third kappa shape index (κ3) is 5.44. The number of para-hydroxylation sites is 2. The highest BCUT2D eigenvalue weighted by atomic mass is 16.5. The highest BCUT2D eigenvalue weighted by molar-refractivity contribution is 6.11. The smallest absolute Gasteiger partial charge is 0.308 e. The van der Waals surface area contributed by atoms with Crippen LogP contribution < -0.4 is 20.4 Å². The predicted octanol–water partition coefficient (Wildman–Crippen LogP) is -0.0888. The van der Waals surface area contributed by atoms with Gasteiger partial charge in [-0.1, -0.05) is 12.1 Å². The van der Waals surface area contributed by atoms with Crippen LogP contribution >= 0.6 is 0 Å². The first-order valence-electron chi connectivity index (χ1n) is 12.0. The number of nitrogens with zero attached hydrogens (tertiary/aromatic N) is 2. The summed E-state index contributed by atoms with van der Waals surface area (Å²) < 4.78 is 4.87. The lowest BCUT2D eigenvalue weighted by atomic mass is 10.0. The first-order chi connectivity index (χ1) is 18.1. The minimum absolute atomic E-state index is 0.0131. The van der Waals surface area contributed by atoms with E-state index in [0.29, 0.717) is 11.1 Å². The summed E-state index contributed by atoms with van der Waals surface area (Å²) in [4.78, 5) is 66.2. The monoisotopic (exact) mass is 524 g/mol. The van der Waals surface area contributed by atoms with Crippen LogP contribution in [0.2, 0.25) is 0 Å². The number of anilines is 2. The van der Waals surface area contributed by atoms with Crippen LogP contribution in [0, 0.1) is 13.8 Å². The summed E-state index contributed by atoms with van der Waals surface area (Å²) in [5.74, 6) is -2.92. The van der Waals surface area contributed by atoms with Crippen LogP contribution in [0.1, 0.15) is 27.9 Å². The molecule has 38 heavy (non-hydrogen) atoms. The van der Waals surface area contributed by atoms with Gasteiger partial charge in [0.25, 0.3) is 17.7 Å². The van der Waals surface area contributed by atoms with Crippen molar-refractivity contribution < 1.29 is 38.9 Å². The number of carbonyl (C=O) groups excluding carboxylic acids is 5. The van der Waals surface area contributed by atoms with Crippen molar-refractivity contribution in [2.24, 2.45) is 0 Å². The lowest BCUT2D eigenvalue weighted by molar-refractivity contribution is -0.138. The van der Waals surface area contributed by atoms with E-state index in [-0.39, 0.29) is 42.3 Å². The van der Waals surface area contributed by atoms with Crippen molar-refractivity contribution in [1.82, 2.24) is 10.6 Å². The first-order valence-corrected chi connectivity index (χ1v) is 12.0. The van der Waals surface area contributed by atoms with Crippen LogP contribution in [0.5, 0.6) is 5.75 Å². The number of hydrogen-bond donors (Lipinski definition) is 4. The molecule has 4 amide bonds. The van der Waals surface area contributed by atoms with Crippen molar-refractivity contribution >= 4 is 41.0 Å². The van der Waals surface area contributed by atoms with E-state index < -0.39 is 54.8 Å². The summed E-state index contributed by atoms with van der Waals surface area (Å²) in [6.45, 7) is 1.72. The molecule has 2 aromatic carbocycles. The van der Waals surface area contributed by atoms with E-state index in [1.165, 1.54) is 17.0 Å². The Morgan fingerprint density at radius 1 is 1.05 bits per heavy atom. The standard InChI is InChI=1S/C26H28N4O8/c1-14-7-16(8-15(2)24(14)35)25(36)28-18-10-29(22(33)12-31)19-5-3-4-6-20(19)30(26(18)37)11-21(32)27-17-9-23(34)38-13-17/h3-8,17-18,31,35H,9-13H2,1-2H3,(H,27,32)(H,28,36)/t17-,18-/m0/s1. The van der Waals surface area contributed by atoms with Gasteiger partial charge in [0, 0.05) is 5.56 Å². The molecule has 2 aromatic rings. The summed E-state index contributed by atoms with van der Waals surface area (Å²) in [5, 5.41) is 24.9. The summed E-state index contributed by atoms with van der Waals surface area (Å²) in [6.07, 6.45) is 0.0131. The second-order valence-electron chi connectivity index (χ2n) is 9.21. The number of amides is 4. The molecule has 2 aliphatic rings. The normalized spacial score (nSPS) is 18.9. The first kappa shape index (κ1) is 26.6. The van der Waals surface area contributed by atoms with Gasteiger partial charge in [0.05, 0.1) is 30.4 Å². The zero-order chi connectivity index (χ0) is 27.6. The number of carbonyl (C=O) groups is 5. The van der Waals surface area contributed by atoms with E-state index in [9.17, 15) is 34.2 Å². The number of phenolic OH excluding ortho intramolecular Hbond substituents is 1. The molecule has 0 unspecified atom stereocenters. The van der Waals surface area contributed by atoms with Gasteiger partial charge in [-0.3, -0.25) is 28.9 Å². The van der Waals surface area contributed by atoms with Gasteiger partial charge >= 0.3 is 5.97 Å². The molecule has 0 aliphatic carbocycles. The fourth-order valence-electron chi connectivity index (χ4n) is 4.53. The Morgan fingerprint density at radius 2 is 1.71 bits per heavy atom. The van der Waals surface area contributed by atoms with Gasteiger partial charge in [0.1, 0.15) is 31.5 Å². The van der Waals surface area contributed by atoms with Gasteiger partial charge in [-0.25, -0.2) is 0 Å². The molecular weight excluding hydrogens is 496 g/mol. The molecule has 4 rings (SSSR count). The molecule has 4 N–H and O–H groups in total. The number of phenols is 1. The van der Waals surface area contributed by atoms with E-state index in [1.54, 1.807) is 38.1 Å². The average molecular weight is 525 g/mol. The molecule has 0 spiro atoms. The largest absolute Gasteiger partial charge is 0.507 e. The van der Waals surface area contributed by atoms with Crippen LogP contribution in [0.25, 0.3) is 0 Å². The van der Waals surface area contributed by atoms with Gasteiger partial charge in [0.15, 0.2) is 0 Å². The van der Waals surface area contributed by atoms with E-state index in [2.05, 4.69) is 10.6 Å². The second kappa shape index (κ2) is 10.9. The zero-order valence-electron chi connectivity index (χ0n) is 20.9. The number of nitrogens with one attached hydrogen (secondary N) is 2. The van der Waals surface area contributed by atoms with Crippen molar-refractivity contribution in [2.45, 2.75) is 32.4 Å². The molecular formula is C26H28N4O8. The molecule has 0 saturated carbocycles. The molecule has 2 heterocycles. The summed E-state index contributed by atoms with van der Waals surface area (Å²) >= 11 is 0. The van der Waals surface area contributed by atoms with Crippen molar-refractivity contribution in [2.75, 3.05) is 36.1 Å². The van der Waals surface area contributed by atoms with Gasteiger partial charge in [-0.05, 0) is 49.2 Å². The molecule has 0 aromatic heterocycles. The topological polar surface area (TPSA) is 166 Å². The van der Waals surface area contributed by atoms with E-state index >= 15 is 0 Å². The Hall–Kier alpha value is -4.45. The quantitative estimate of drug-likeness (QED) is 0.381. The molecule has 0 radical (unpaired) electrons. The maximum atomic E-state index is 13.8. The number of hydrogen-bond acceptors (Lipinski definition) is 8. The van der Waals surface area contributed by atoms with Gasteiger partial charge in [-0.2, -0.15) is 0 Å². The minimum Gasteiger partial charge on any atom is -0.507 e. The minimum atomic E-state index is -1.27. The Kier molecular flexibility index (Phi) is 7.62. The van der Waals surface area contributed by atoms with E-state index in [4.69, 9.17) is 4.74 Å². The highest BCUT2D eigenvalue weighted by Crippen LogP contribution is 2.33. The molecule has 2 atom stereocenters. The van der Waals surface area contributed by atoms with Crippen molar-refractivity contribution in [3.05, 3.63) is 53.1 Å². The third-order valence-electron chi connectivity index (χ3n) is 6.41. The molecule has 0 bridgehead atoms. The number of aliphatic hydroxyl groups is 1. The van der Waals surface area contributed by atoms with Gasteiger partial charge in [0.2, 0.25) is 5.91 Å². The highest BCUT2D eigenvalue weighted by Gasteiger charge is 2.38. The number of cyclic esters (lactones) is 1. The number of aryl methyl sites for hydroxylation is 2. The number of benzene rings is 2. The average Bonchev–Trinajstić information content (AvgIpc) is 3.26. The molecule has 12 heteroatoms. The third-order valence-corrected chi connectivity index (χ3v) is 6.41. The number of aliphatic hydroxyl groups excluding tert-OH is 1. The fraction of sp³-hybridized carbons (Fsp3) is 0.346. The van der Waals surface area contributed by atoms with E-state index in [0.717, 1.165) is 4.90 Å². The van der Waals surface area contributed by atoms with Gasteiger partial charge in [-0.15, -0.1) is 0 Å². The number of esters is 1. The predicted molar refractivity (Wildman–Crippen MR) is 135 cm³/mol. The molecule has 12 nitrogen and oxygen atoms in total. The molecule has 2 aliphatic heterocycles. The number of aromatic hydroxyl groups is 1. The Bertz CT molecular complexity index is 1290. The van der Waals surface area contributed by atoms with Gasteiger partial charge < -0.3 is 30.5 Å². The van der Waals surface area contributed by atoms with Crippen molar-refractivity contribution in [3.8, 4) is 5.75 Å². The summed E-state index contributed by atoms with van der Waals surface area (Å²) in [7, 11) is 0. The number of ether oxygens (including phenoxy) is 1. The van der Waals surface area contributed by atoms with Crippen LogP contribution in [-0.4, -0.2) is 78.2 Å². The maximum absolute atomic E-state index is 13.8. The molecule has 200 valence electrons. The maximum Gasteiger partial charge on any atom is 0.308 e. The number of rotatable bonds is 6. The van der Waals surface area contributed by atoms with Crippen LogP contribution in [0.4, 0.5) is 11.4 Å².